The molecule has 1 heterocycles. The molecular weight excluding hydrogens is 256 g/mol. The molecule has 0 aliphatic rings. The third-order valence-electron chi connectivity index (χ3n) is 2.68. The molecule has 0 bridgehead atoms. The average Bonchev–Trinajstić information content (AvgIpc) is 2.71. The van der Waals surface area contributed by atoms with E-state index in [1.807, 2.05) is 20.8 Å². The van der Waals surface area contributed by atoms with E-state index in [0.717, 1.165) is 11.3 Å². The second kappa shape index (κ2) is 5.83. The largest absolute Gasteiger partial charge is 0.444 e. The number of aromatic nitrogens is 2. The normalized spacial score (nSPS) is 13.9. The third-order valence-corrected chi connectivity index (χ3v) is 2.68. The van der Waals surface area contributed by atoms with Gasteiger partial charge in [0.1, 0.15) is 5.60 Å². The van der Waals surface area contributed by atoms with Crippen molar-refractivity contribution in [2.75, 3.05) is 6.54 Å². The number of rotatable bonds is 3. The van der Waals surface area contributed by atoms with Crippen molar-refractivity contribution in [3.8, 4) is 0 Å². The van der Waals surface area contributed by atoms with Crippen LogP contribution in [0.2, 0.25) is 0 Å². The van der Waals surface area contributed by atoms with Gasteiger partial charge in [0.25, 0.3) is 0 Å². The molecule has 1 rings (SSSR count). The summed E-state index contributed by atoms with van der Waals surface area (Å²) >= 11 is 0. The number of carbonyl (C=O) groups is 1. The van der Waals surface area contributed by atoms with Crippen molar-refractivity contribution in [1.82, 2.24) is 15.5 Å². The second-order valence-electron chi connectivity index (χ2n) is 6.94. The maximum Gasteiger partial charge on any atom is 0.407 e. The van der Waals surface area contributed by atoms with Crippen LogP contribution in [0.15, 0.2) is 6.20 Å². The number of H-pyrrole nitrogens is 1. The molecule has 6 nitrogen and oxygen atoms in total. The molecule has 0 radical (unpaired) electrons. The van der Waals surface area contributed by atoms with Gasteiger partial charge in [-0.05, 0) is 20.8 Å². The van der Waals surface area contributed by atoms with Gasteiger partial charge >= 0.3 is 6.09 Å². The minimum Gasteiger partial charge on any atom is -0.444 e. The van der Waals surface area contributed by atoms with E-state index in [9.17, 15) is 4.79 Å². The molecule has 20 heavy (non-hydrogen) atoms. The topological polar surface area (TPSA) is 93.0 Å². The maximum absolute atomic E-state index is 11.6. The van der Waals surface area contributed by atoms with E-state index in [0.29, 0.717) is 6.54 Å². The van der Waals surface area contributed by atoms with Crippen LogP contribution in [0.25, 0.3) is 0 Å². The third kappa shape index (κ3) is 4.85. The van der Waals surface area contributed by atoms with Gasteiger partial charge in [-0.15, -0.1) is 0 Å². The molecule has 6 heteroatoms. The lowest BCUT2D eigenvalue weighted by atomic mass is 9.87. The molecule has 1 amide bonds. The Morgan fingerprint density at radius 2 is 2.00 bits per heavy atom. The first-order valence-corrected chi connectivity index (χ1v) is 6.77. The van der Waals surface area contributed by atoms with Crippen molar-refractivity contribution in [2.45, 2.75) is 58.6 Å². The number of hydrogen-bond donors (Lipinski definition) is 3. The van der Waals surface area contributed by atoms with Crippen LogP contribution < -0.4 is 11.1 Å². The van der Waals surface area contributed by atoms with E-state index in [2.05, 4.69) is 36.3 Å². The van der Waals surface area contributed by atoms with Gasteiger partial charge in [0.05, 0.1) is 12.2 Å². The summed E-state index contributed by atoms with van der Waals surface area (Å²) in [5, 5.41) is 9.70. The van der Waals surface area contributed by atoms with Gasteiger partial charge < -0.3 is 15.8 Å². The van der Waals surface area contributed by atoms with Crippen LogP contribution in [0.1, 0.15) is 58.8 Å². The van der Waals surface area contributed by atoms with Crippen molar-refractivity contribution in [1.29, 1.82) is 0 Å². The Hall–Kier alpha value is -1.56. The summed E-state index contributed by atoms with van der Waals surface area (Å²) in [6, 6.07) is -0.324. The Morgan fingerprint density at radius 1 is 1.40 bits per heavy atom. The molecule has 1 atom stereocenters. The fourth-order valence-electron chi connectivity index (χ4n) is 1.79. The number of nitrogens with one attached hydrogen (secondary N) is 2. The quantitative estimate of drug-likeness (QED) is 0.792. The number of nitrogens with zero attached hydrogens (tertiary/aromatic N) is 1. The van der Waals surface area contributed by atoms with Crippen LogP contribution in [0, 0.1) is 0 Å². The number of alkyl carbamates (subject to hydrolysis) is 1. The molecule has 0 fully saturated rings. The van der Waals surface area contributed by atoms with Gasteiger partial charge in [0, 0.05) is 23.2 Å². The Bertz CT molecular complexity index is 454. The molecule has 1 unspecified atom stereocenters. The lowest BCUT2D eigenvalue weighted by Gasteiger charge is -2.23. The molecule has 1 aromatic heterocycles. The van der Waals surface area contributed by atoms with Gasteiger partial charge in [-0.3, -0.25) is 5.10 Å². The zero-order chi connectivity index (χ0) is 15.6. The smallest absolute Gasteiger partial charge is 0.407 e. The fraction of sp³-hybridized carbons (Fsp3) is 0.714. The highest BCUT2D eigenvalue weighted by Crippen LogP contribution is 2.26. The highest BCUT2D eigenvalue weighted by atomic mass is 16.6. The first-order valence-electron chi connectivity index (χ1n) is 6.77. The average molecular weight is 282 g/mol. The Morgan fingerprint density at radius 3 is 2.50 bits per heavy atom. The van der Waals surface area contributed by atoms with Crippen LogP contribution in [0.4, 0.5) is 4.79 Å². The summed E-state index contributed by atoms with van der Waals surface area (Å²) in [5.74, 6) is 0. The number of carbonyl (C=O) groups excluding carboxylic acids is 1. The Balaban J connectivity index is 2.62. The van der Waals surface area contributed by atoms with Crippen LogP contribution in [-0.4, -0.2) is 28.4 Å². The monoisotopic (exact) mass is 282 g/mol. The molecule has 0 aliphatic heterocycles. The van der Waals surface area contributed by atoms with Crippen LogP contribution in [0.5, 0.6) is 0 Å². The lowest BCUT2D eigenvalue weighted by molar-refractivity contribution is 0.0524. The Kier molecular flexibility index (Phi) is 4.81. The first-order chi connectivity index (χ1) is 9.00. The summed E-state index contributed by atoms with van der Waals surface area (Å²) in [6.45, 7) is 12.0. The minimum atomic E-state index is -0.514. The minimum absolute atomic E-state index is 0.0740. The van der Waals surface area contributed by atoms with E-state index in [1.54, 1.807) is 6.20 Å². The molecule has 114 valence electrons. The summed E-state index contributed by atoms with van der Waals surface area (Å²) in [7, 11) is 0. The maximum atomic E-state index is 11.6. The predicted octanol–water partition coefficient (Wildman–Crippen LogP) is 2.23. The van der Waals surface area contributed by atoms with E-state index in [1.165, 1.54) is 0 Å². The fourth-order valence-corrected chi connectivity index (χ4v) is 1.79. The number of nitrogens with two attached hydrogens (primary N) is 1. The SMILES string of the molecule is CC(C)(C)OC(=O)NCC(N)c1cn[nH]c1C(C)(C)C. The van der Waals surface area contributed by atoms with E-state index in [-0.39, 0.29) is 11.5 Å². The number of hydrogen-bond acceptors (Lipinski definition) is 4. The molecular formula is C14H26N4O2. The number of ether oxygens (including phenoxy) is 1. The second-order valence-corrected chi connectivity index (χ2v) is 6.94. The molecule has 0 aromatic carbocycles. The van der Waals surface area contributed by atoms with Crippen molar-refractivity contribution in [3.63, 3.8) is 0 Å². The molecule has 0 aliphatic carbocycles. The van der Waals surface area contributed by atoms with Crippen LogP contribution >= 0.6 is 0 Å². The summed E-state index contributed by atoms with van der Waals surface area (Å²) in [4.78, 5) is 11.6. The van der Waals surface area contributed by atoms with Crippen molar-refractivity contribution in [3.05, 3.63) is 17.5 Å². The van der Waals surface area contributed by atoms with Crippen molar-refractivity contribution < 1.29 is 9.53 Å². The summed E-state index contributed by atoms with van der Waals surface area (Å²) in [5.41, 5.74) is 7.42. The predicted molar refractivity (Wildman–Crippen MR) is 78.5 cm³/mol. The van der Waals surface area contributed by atoms with Gasteiger partial charge in [-0.25, -0.2) is 4.79 Å². The molecule has 1 aromatic rings. The van der Waals surface area contributed by atoms with Crippen LogP contribution in [0.3, 0.4) is 0 Å². The molecule has 0 saturated heterocycles. The van der Waals surface area contributed by atoms with Crippen molar-refractivity contribution in [2.24, 2.45) is 5.73 Å². The number of amides is 1. The van der Waals surface area contributed by atoms with Gasteiger partial charge in [-0.1, -0.05) is 20.8 Å². The van der Waals surface area contributed by atoms with E-state index >= 15 is 0 Å². The van der Waals surface area contributed by atoms with Gasteiger partial charge in [0.15, 0.2) is 0 Å². The zero-order valence-electron chi connectivity index (χ0n) is 13.2. The van der Waals surface area contributed by atoms with Crippen molar-refractivity contribution >= 4 is 6.09 Å². The van der Waals surface area contributed by atoms with E-state index < -0.39 is 11.7 Å². The molecule has 0 saturated carbocycles. The Labute approximate surface area is 120 Å². The molecule has 4 N–H and O–H groups in total. The highest BCUT2D eigenvalue weighted by Gasteiger charge is 2.24. The first kappa shape index (κ1) is 16.5. The van der Waals surface area contributed by atoms with E-state index in [4.69, 9.17) is 10.5 Å². The summed E-state index contributed by atoms with van der Waals surface area (Å²) in [6.07, 6.45) is 1.25. The van der Waals surface area contributed by atoms with Gasteiger partial charge in [-0.2, -0.15) is 5.10 Å². The van der Waals surface area contributed by atoms with Crippen LogP contribution in [-0.2, 0) is 10.2 Å². The van der Waals surface area contributed by atoms with Gasteiger partial charge in [0.2, 0.25) is 0 Å². The standard InChI is InChI=1S/C14H26N4O2/c1-13(2,3)11-9(7-17-18-11)10(15)8-16-12(19)20-14(4,5)6/h7,10H,8,15H2,1-6H3,(H,16,19)(H,17,18). The number of aromatic amines is 1. The lowest BCUT2D eigenvalue weighted by Crippen LogP contribution is -2.37. The summed E-state index contributed by atoms with van der Waals surface area (Å²) < 4.78 is 5.17. The zero-order valence-corrected chi connectivity index (χ0v) is 13.2. The highest BCUT2D eigenvalue weighted by molar-refractivity contribution is 5.67. The molecule has 0 spiro atoms.